The third kappa shape index (κ3) is 3.39. The van der Waals surface area contributed by atoms with Gasteiger partial charge in [0.1, 0.15) is 5.82 Å². The van der Waals surface area contributed by atoms with E-state index in [9.17, 15) is 4.79 Å². The average Bonchev–Trinajstić information content (AvgIpc) is 3.17. The number of hydrogen-bond acceptors (Lipinski definition) is 5. The Balaban J connectivity index is 1.67. The van der Waals surface area contributed by atoms with Gasteiger partial charge in [-0.3, -0.25) is 14.8 Å². The maximum Gasteiger partial charge on any atom is 0.256 e. The predicted octanol–water partition coefficient (Wildman–Crippen LogP) is 1.20. The molecule has 3 heterocycles. The molecular formula is C16H22N6O. The summed E-state index contributed by atoms with van der Waals surface area (Å²) in [5.41, 5.74) is 2.75. The molecule has 0 spiro atoms. The summed E-state index contributed by atoms with van der Waals surface area (Å²) in [7, 11) is 3.52. The van der Waals surface area contributed by atoms with E-state index >= 15 is 0 Å². The van der Waals surface area contributed by atoms with Crippen molar-refractivity contribution >= 4 is 5.91 Å². The first-order valence-electron chi connectivity index (χ1n) is 7.79. The van der Waals surface area contributed by atoms with Crippen LogP contribution in [0.4, 0.5) is 0 Å². The quantitative estimate of drug-likeness (QED) is 0.917. The molecule has 7 heteroatoms. The standard InChI is InChI=1S/C16H22N6O/c1-11-17-6-12(7-18-11)9-22-5-4-13(10-22)15-14(8-19-20-15)16(23)21(2)3/h6-8,13H,4-5,9-10H2,1-3H3,(H,19,20)/t13-/m1/s1. The number of nitrogens with one attached hydrogen (secondary N) is 1. The topological polar surface area (TPSA) is 78.0 Å². The highest BCUT2D eigenvalue weighted by Crippen LogP contribution is 2.29. The number of aromatic amines is 1. The van der Waals surface area contributed by atoms with Crippen LogP contribution < -0.4 is 0 Å². The number of aryl methyl sites for hydroxylation is 1. The first kappa shape index (κ1) is 15.6. The molecule has 7 nitrogen and oxygen atoms in total. The predicted molar refractivity (Wildman–Crippen MR) is 86.0 cm³/mol. The molecule has 122 valence electrons. The first-order chi connectivity index (χ1) is 11.0. The Morgan fingerprint density at radius 2 is 2.09 bits per heavy atom. The van der Waals surface area contributed by atoms with Crippen molar-refractivity contribution in [1.82, 2.24) is 30.0 Å². The second-order valence-electron chi connectivity index (χ2n) is 6.26. The number of H-pyrrole nitrogens is 1. The fourth-order valence-corrected chi connectivity index (χ4v) is 2.99. The molecule has 0 aromatic carbocycles. The molecule has 1 N–H and O–H groups in total. The number of amides is 1. The Hall–Kier alpha value is -2.28. The number of hydrogen-bond donors (Lipinski definition) is 1. The van der Waals surface area contributed by atoms with Crippen LogP contribution in [0.25, 0.3) is 0 Å². The van der Waals surface area contributed by atoms with Crippen molar-refractivity contribution in [1.29, 1.82) is 0 Å². The van der Waals surface area contributed by atoms with E-state index in [1.54, 1.807) is 25.2 Å². The molecule has 1 fully saturated rings. The third-order valence-corrected chi connectivity index (χ3v) is 4.23. The summed E-state index contributed by atoms with van der Waals surface area (Å²) < 4.78 is 0. The van der Waals surface area contributed by atoms with Gasteiger partial charge in [0.05, 0.1) is 17.5 Å². The van der Waals surface area contributed by atoms with Gasteiger partial charge in [-0.1, -0.05) is 0 Å². The SMILES string of the molecule is Cc1ncc(CN2CC[C@@H](c3[nH]ncc3C(=O)N(C)C)C2)cn1. The molecule has 2 aromatic heterocycles. The lowest BCUT2D eigenvalue weighted by Gasteiger charge is -2.16. The zero-order valence-electron chi connectivity index (χ0n) is 13.8. The van der Waals surface area contributed by atoms with E-state index < -0.39 is 0 Å². The maximum absolute atomic E-state index is 12.2. The fraction of sp³-hybridized carbons (Fsp3) is 0.500. The number of carbonyl (C=O) groups excluding carboxylic acids is 1. The minimum Gasteiger partial charge on any atom is -0.345 e. The lowest BCUT2D eigenvalue weighted by Crippen LogP contribution is -2.24. The largest absolute Gasteiger partial charge is 0.345 e. The van der Waals surface area contributed by atoms with Crippen LogP contribution in [0.2, 0.25) is 0 Å². The molecule has 3 rings (SSSR count). The molecule has 1 atom stereocenters. The second kappa shape index (κ2) is 6.45. The van der Waals surface area contributed by atoms with Gasteiger partial charge in [-0.2, -0.15) is 5.10 Å². The minimum absolute atomic E-state index is 0.000801. The van der Waals surface area contributed by atoms with Crippen molar-refractivity contribution in [3.63, 3.8) is 0 Å². The highest BCUT2D eigenvalue weighted by Gasteiger charge is 2.29. The smallest absolute Gasteiger partial charge is 0.256 e. The van der Waals surface area contributed by atoms with Gasteiger partial charge in [0.15, 0.2) is 0 Å². The van der Waals surface area contributed by atoms with Crippen molar-refractivity contribution < 1.29 is 4.79 Å². The molecule has 1 aliphatic heterocycles. The molecule has 0 saturated carbocycles. The summed E-state index contributed by atoms with van der Waals surface area (Å²) in [5, 5.41) is 7.10. The van der Waals surface area contributed by atoms with Crippen molar-refractivity contribution in [2.45, 2.75) is 25.8 Å². The zero-order chi connectivity index (χ0) is 16.4. The van der Waals surface area contributed by atoms with E-state index in [4.69, 9.17) is 0 Å². The van der Waals surface area contributed by atoms with E-state index in [0.29, 0.717) is 11.5 Å². The van der Waals surface area contributed by atoms with Gasteiger partial charge in [0.25, 0.3) is 5.91 Å². The first-order valence-corrected chi connectivity index (χ1v) is 7.79. The second-order valence-corrected chi connectivity index (χ2v) is 6.26. The Bertz CT molecular complexity index is 678. The van der Waals surface area contributed by atoms with Crippen molar-refractivity contribution in [2.75, 3.05) is 27.2 Å². The number of nitrogens with zero attached hydrogens (tertiary/aromatic N) is 5. The summed E-state index contributed by atoms with van der Waals surface area (Å²) in [6.45, 7) is 4.62. The minimum atomic E-state index is -0.000801. The third-order valence-electron chi connectivity index (χ3n) is 4.23. The van der Waals surface area contributed by atoms with Crippen LogP contribution in [0.1, 0.15) is 39.8 Å². The molecule has 1 amide bonds. The van der Waals surface area contributed by atoms with E-state index in [0.717, 1.165) is 43.1 Å². The van der Waals surface area contributed by atoms with E-state index in [1.165, 1.54) is 0 Å². The van der Waals surface area contributed by atoms with Crippen LogP contribution in [0.5, 0.6) is 0 Å². The van der Waals surface area contributed by atoms with Crippen molar-refractivity contribution in [3.8, 4) is 0 Å². The van der Waals surface area contributed by atoms with Gasteiger partial charge in [-0.05, 0) is 19.9 Å². The number of aromatic nitrogens is 4. The lowest BCUT2D eigenvalue weighted by molar-refractivity contribution is 0.0826. The summed E-state index contributed by atoms with van der Waals surface area (Å²) in [5.74, 6) is 1.10. The normalized spacial score (nSPS) is 18.3. The Labute approximate surface area is 135 Å². The Kier molecular flexibility index (Phi) is 4.38. The van der Waals surface area contributed by atoms with Crippen LogP contribution in [0.3, 0.4) is 0 Å². The molecule has 2 aromatic rings. The Morgan fingerprint density at radius 1 is 1.35 bits per heavy atom. The summed E-state index contributed by atoms with van der Waals surface area (Å²) in [6, 6.07) is 0. The van der Waals surface area contributed by atoms with Gasteiger partial charge in [0.2, 0.25) is 0 Å². The van der Waals surface area contributed by atoms with Crippen molar-refractivity contribution in [2.24, 2.45) is 0 Å². The summed E-state index contributed by atoms with van der Waals surface area (Å²) in [6.07, 6.45) is 6.41. The number of carbonyl (C=O) groups is 1. The number of rotatable bonds is 4. The zero-order valence-corrected chi connectivity index (χ0v) is 13.8. The van der Waals surface area contributed by atoms with Gasteiger partial charge >= 0.3 is 0 Å². The maximum atomic E-state index is 12.2. The highest BCUT2D eigenvalue weighted by molar-refractivity contribution is 5.94. The molecule has 1 aliphatic rings. The van der Waals surface area contributed by atoms with E-state index in [2.05, 4.69) is 25.1 Å². The van der Waals surface area contributed by atoms with Gasteiger partial charge in [0, 0.05) is 51.1 Å². The van der Waals surface area contributed by atoms with E-state index in [1.807, 2.05) is 19.3 Å². The molecular weight excluding hydrogens is 292 g/mol. The van der Waals surface area contributed by atoms with Crippen molar-refractivity contribution in [3.05, 3.63) is 41.2 Å². The van der Waals surface area contributed by atoms with Crippen LogP contribution in [-0.2, 0) is 6.54 Å². The summed E-state index contributed by atoms with van der Waals surface area (Å²) in [4.78, 5) is 24.7. The monoisotopic (exact) mass is 314 g/mol. The molecule has 0 bridgehead atoms. The van der Waals surface area contributed by atoms with Crippen LogP contribution in [0.15, 0.2) is 18.6 Å². The van der Waals surface area contributed by atoms with Gasteiger partial charge < -0.3 is 4.90 Å². The Morgan fingerprint density at radius 3 is 2.78 bits per heavy atom. The molecule has 0 unspecified atom stereocenters. The van der Waals surface area contributed by atoms with Gasteiger partial charge in [-0.15, -0.1) is 0 Å². The number of likely N-dealkylation sites (tertiary alicyclic amines) is 1. The molecule has 0 radical (unpaired) electrons. The average molecular weight is 314 g/mol. The lowest BCUT2D eigenvalue weighted by atomic mass is 10.0. The highest BCUT2D eigenvalue weighted by atomic mass is 16.2. The van der Waals surface area contributed by atoms with E-state index in [-0.39, 0.29) is 5.91 Å². The van der Waals surface area contributed by atoms with Crippen LogP contribution in [0, 0.1) is 6.92 Å². The molecule has 23 heavy (non-hydrogen) atoms. The van der Waals surface area contributed by atoms with Crippen LogP contribution >= 0.6 is 0 Å². The fourth-order valence-electron chi connectivity index (χ4n) is 2.99. The molecule has 1 saturated heterocycles. The summed E-state index contributed by atoms with van der Waals surface area (Å²) >= 11 is 0. The van der Waals surface area contributed by atoms with Crippen LogP contribution in [-0.4, -0.2) is 63.1 Å². The molecule has 0 aliphatic carbocycles. The van der Waals surface area contributed by atoms with Gasteiger partial charge in [-0.25, -0.2) is 9.97 Å².